The van der Waals surface area contributed by atoms with Crippen molar-refractivity contribution in [2.24, 2.45) is 0 Å². The summed E-state index contributed by atoms with van der Waals surface area (Å²) in [4.78, 5) is 21.5. The van der Waals surface area contributed by atoms with E-state index in [1.165, 1.54) is 11.1 Å². The van der Waals surface area contributed by atoms with Crippen molar-refractivity contribution >= 4 is 12.0 Å². The Kier molecular flexibility index (Phi) is 7.77. The van der Waals surface area contributed by atoms with Gasteiger partial charge in [0.25, 0.3) is 5.91 Å². The Morgan fingerprint density at radius 1 is 1.17 bits per heavy atom. The molecule has 0 saturated carbocycles. The van der Waals surface area contributed by atoms with Gasteiger partial charge in [0.1, 0.15) is 5.69 Å². The van der Waals surface area contributed by atoms with Gasteiger partial charge in [0.2, 0.25) is 0 Å². The lowest BCUT2D eigenvalue weighted by atomic mass is 9.74. The van der Waals surface area contributed by atoms with E-state index >= 15 is 0 Å². The first-order chi connectivity index (χ1) is 14.6. The Hall–Kier alpha value is -2.50. The van der Waals surface area contributed by atoms with Crippen molar-refractivity contribution < 1.29 is 9.90 Å². The minimum atomic E-state index is -0.0378. The van der Waals surface area contributed by atoms with Gasteiger partial charge in [0, 0.05) is 37.3 Å². The first-order valence-electron chi connectivity index (χ1n) is 10.9. The average Bonchev–Trinajstić information content (AvgIpc) is 2.78. The average molecular weight is 408 g/mol. The van der Waals surface area contributed by atoms with Gasteiger partial charge in [0.15, 0.2) is 0 Å². The number of benzene rings is 1. The summed E-state index contributed by atoms with van der Waals surface area (Å²) in [6.45, 7) is 8.47. The van der Waals surface area contributed by atoms with Crippen LogP contribution in [0.4, 0.5) is 0 Å². The lowest BCUT2D eigenvalue weighted by Crippen LogP contribution is -2.67. The number of allylic oxidation sites excluding steroid dienone is 1. The van der Waals surface area contributed by atoms with E-state index < -0.39 is 0 Å². The maximum Gasteiger partial charge on any atom is 0.272 e. The van der Waals surface area contributed by atoms with E-state index in [1.54, 1.807) is 12.3 Å². The summed E-state index contributed by atoms with van der Waals surface area (Å²) in [6.07, 6.45) is 6.79. The summed E-state index contributed by atoms with van der Waals surface area (Å²) >= 11 is 0. The lowest BCUT2D eigenvalue weighted by Gasteiger charge is -2.56. The first-order valence-corrected chi connectivity index (χ1v) is 10.9. The van der Waals surface area contributed by atoms with Gasteiger partial charge >= 0.3 is 0 Å². The largest absolute Gasteiger partial charge is 0.395 e. The number of aromatic nitrogens is 1. The molecule has 3 rings (SSSR count). The van der Waals surface area contributed by atoms with E-state index in [-0.39, 0.29) is 30.5 Å². The van der Waals surface area contributed by atoms with Gasteiger partial charge in [-0.25, -0.2) is 0 Å². The van der Waals surface area contributed by atoms with E-state index in [1.807, 2.05) is 37.0 Å². The Morgan fingerprint density at radius 3 is 2.50 bits per heavy atom. The van der Waals surface area contributed by atoms with Gasteiger partial charge in [0.05, 0.1) is 6.61 Å². The van der Waals surface area contributed by atoms with Crippen molar-refractivity contribution in [2.75, 3.05) is 26.2 Å². The Balaban J connectivity index is 1.84. The molecule has 1 saturated heterocycles. The molecule has 0 spiro atoms. The predicted octanol–water partition coefficient (Wildman–Crippen LogP) is 3.82. The topological polar surface area (TPSA) is 56.7 Å². The highest BCUT2D eigenvalue weighted by molar-refractivity contribution is 5.92. The van der Waals surface area contributed by atoms with Crippen molar-refractivity contribution in [1.29, 1.82) is 0 Å². The normalized spacial score (nSPS) is 21.5. The summed E-state index contributed by atoms with van der Waals surface area (Å²) in [5.41, 5.74) is 2.87. The van der Waals surface area contributed by atoms with Gasteiger partial charge in [-0.2, -0.15) is 0 Å². The van der Waals surface area contributed by atoms with Crippen LogP contribution in [0.2, 0.25) is 0 Å². The van der Waals surface area contributed by atoms with Crippen LogP contribution < -0.4 is 0 Å². The molecule has 2 heterocycles. The third-order valence-electron chi connectivity index (χ3n) is 5.99. The third kappa shape index (κ3) is 4.63. The zero-order valence-electron chi connectivity index (χ0n) is 18.2. The lowest BCUT2D eigenvalue weighted by molar-refractivity contribution is -0.0531. The van der Waals surface area contributed by atoms with E-state index in [2.05, 4.69) is 47.1 Å². The van der Waals surface area contributed by atoms with Crippen molar-refractivity contribution in [1.82, 2.24) is 14.8 Å². The van der Waals surface area contributed by atoms with E-state index in [4.69, 9.17) is 0 Å². The van der Waals surface area contributed by atoms with Gasteiger partial charge in [-0.1, -0.05) is 49.4 Å². The Bertz CT molecular complexity index is 835. The number of aliphatic hydroxyl groups is 1. The molecule has 0 unspecified atom stereocenters. The SMILES string of the molecule is C/C=C/c1ccc([C@H]2[C@@H](CO)N(CCC)[C@H]2CN(CC)C(=O)c2ccccn2)cc1. The molecule has 0 bridgehead atoms. The highest BCUT2D eigenvalue weighted by atomic mass is 16.3. The summed E-state index contributed by atoms with van der Waals surface area (Å²) in [5, 5.41) is 10.1. The van der Waals surface area contributed by atoms with Gasteiger partial charge < -0.3 is 10.0 Å². The summed E-state index contributed by atoms with van der Waals surface area (Å²) in [6, 6.07) is 14.3. The van der Waals surface area contributed by atoms with Crippen molar-refractivity contribution in [3.63, 3.8) is 0 Å². The monoisotopic (exact) mass is 407 g/mol. The minimum absolute atomic E-state index is 0.0378. The number of carbonyl (C=O) groups excluding carboxylic acids is 1. The highest BCUT2D eigenvalue weighted by Crippen LogP contribution is 2.41. The summed E-state index contributed by atoms with van der Waals surface area (Å²) in [7, 11) is 0. The molecule has 1 amide bonds. The van der Waals surface area contributed by atoms with Gasteiger partial charge in [-0.05, 0) is 50.1 Å². The van der Waals surface area contributed by atoms with Crippen LogP contribution in [0.5, 0.6) is 0 Å². The molecule has 1 aliphatic heterocycles. The number of pyridine rings is 1. The molecule has 30 heavy (non-hydrogen) atoms. The van der Waals surface area contributed by atoms with Crippen LogP contribution in [0.15, 0.2) is 54.7 Å². The smallest absolute Gasteiger partial charge is 0.272 e. The van der Waals surface area contributed by atoms with Crippen LogP contribution in [-0.4, -0.2) is 64.1 Å². The van der Waals surface area contributed by atoms with Crippen LogP contribution in [-0.2, 0) is 0 Å². The number of nitrogens with zero attached hydrogens (tertiary/aromatic N) is 3. The van der Waals surface area contributed by atoms with E-state index in [9.17, 15) is 9.90 Å². The van der Waals surface area contributed by atoms with E-state index in [0.717, 1.165) is 13.0 Å². The van der Waals surface area contributed by atoms with Crippen LogP contribution in [0.25, 0.3) is 6.08 Å². The molecule has 2 aromatic rings. The zero-order chi connectivity index (χ0) is 21.5. The number of hydrogen-bond acceptors (Lipinski definition) is 4. The van der Waals surface area contributed by atoms with Gasteiger partial charge in [-0.3, -0.25) is 14.7 Å². The number of carbonyl (C=O) groups is 1. The molecule has 0 radical (unpaired) electrons. The maximum atomic E-state index is 13.0. The fourth-order valence-electron chi connectivity index (χ4n) is 4.54. The molecule has 5 nitrogen and oxygen atoms in total. The fraction of sp³-hybridized carbons (Fsp3) is 0.440. The standard InChI is InChI=1S/C25H33N3O2/c1-4-9-19-11-13-20(14-12-19)24-22(28(16-5-2)23(24)18-29)17-27(6-3)25(30)21-10-7-8-15-26-21/h4,7-15,22-24,29H,5-6,16-18H2,1-3H3/b9-4+/t22-,23+,24+/m0/s1. The molecule has 0 aliphatic carbocycles. The Morgan fingerprint density at radius 2 is 1.93 bits per heavy atom. The molecule has 1 N–H and O–H groups in total. The number of aliphatic hydroxyl groups excluding tert-OH is 1. The summed E-state index contributed by atoms with van der Waals surface area (Å²) < 4.78 is 0. The van der Waals surface area contributed by atoms with Crippen LogP contribution >= 0.6 is 0 Å². The molecule has 3 atom stereocenters. The number of amides is 1. The fourth-order valence-corrected chi connectivity index (χ4v) is 4.54. The predicted molar refractivity (Wildman–Crippen MR) is 121 cm³/mol. The zero-order valence-corrected chi connectivity index (χ0v) is 18.2. The van der Waals surface area contributed by atoms with Crippen LogP contribution in [0.1, 0.15) is 54.7 Å². The second-order valence-electron chi connectivity index (χ2n) is 7.81. The molecule has 160 valence electrons. The Labute approximate surface area is 180 Å². The van der Waals surface area contributed by atoms with Crippen molar-refractivity contribution in [3.8, 4) is 0 Å². The minimum Gasteiger partial charge on any atom is -0.395 e. The molecule has 1 fully saturated rings. The number of likely N-dealkylation sites (tertiary alicyclic amines) is 1. The molecule has 1 aromatic heterocycles. The highest BCUT2D eigenvalue weighted by Gasteiger charge is 2.48. The first kappa shape index (κ1) is 22.2. The number of rotatable bonds is 9. The number of likely N-dealkylation sites (N-methyl/N-ethyl adjacent to an activating group) is 1. The van der Waals surface area contributed by atoms with Crippen molar-refractivity contribution in [3.05, 3.63) is 71.6 Å². The quantitative estimate of drug-likeness (QED) is 0.687. The molecule has 5 heteroatoms. The second kappa shape index (κ2) is 10.5. The van der Waals surface area contributed by atoms with Gasteiger partial charge in [-0.15, -0.1) is 0 Å². The van der Waals surface area contributed by atoms with Crippen molar-refractivity contribution in [2.45, 2.75) is 45.2 Å². The molecular weight excluding hydrogens is 374 g/mol. The van der Waals surface area contributed by atoms with Crippen LogP contribution in [0, 0.1) is 0 Å². The molecular formula is C25H33N3O2. The maximum absolute atomic E-state index is 13.0. The van der Waals surface area contributed by atoms with Crippen LogP contribution in [0.3, 0.4) is 0 Å². The van der Waals surface area contributed by atoms with E-state index in [0.29, 0.717) is 18.8 Å². The summed E-state index contributed by atoms with van der Waals surface area (Å²) in [5.74, 6) is 0.163. The number of hydrogen-bond donors (Lipinski definition) is 1. The third-order valence-corrected chi connectivity index (χ3v) is 5.99. The molecule has 1 aliphatic rings. The molecule has 1 aromatic carbocycles. The second-order valence-corrected chi connectivity index (χ2v) is 7.81.